The topological polar surface area (TPSA) is 95.1 Å². The zero-order valence-corrected chi connectivity index (χ0v) is 30.1. The number of methoxy groups -OCH3 is 1. The van der Waals surface area contributed by atoms with Crippen LogP contribution in [0.3, 0.4) is 0 Å². The highest BCUT2D eigenvalue weighted by molar-refractivity contribution is 14.1. The summed E-state index contributed by atoms with van der Waals surface area (Å²) < 4.78 is 46.5. The van der Waals surface area contributed by atoms with Crippen LogP contribution in [-0.2, 0) is 35.7 Å². The Balaban J connectivity index is 1.46. The molecule has 0 radical (unpaired) electrons. The van der Waals surface area contributed by atoms with E-state index in [1.165, 1.54) is 28.8 Å². The lowest BCUT2D eigenvalue weighted by atomic mass is 10.2. The second-order valence-corrected chi connectivity index (χ2v) is 16.9. The number of ether oxygens (including phenoxy) is 3. The molecule has 0 saturated carbocycles. The van der Waals surface area contributed by atoms with E-state index >= 15 is 0 Å². The van der Waals surface area contributed by atoms with E-state index in [1.54, 1.807) is 11.6 Å². The van der Waals surface area contributed by atoms with Gasteiger partial charge in [0, 0.05) is 40.6 Å². The minimum Gasteiger partial charge on any atom is -0.497 e. The summed E-state index contributed by atoms with van der Waals surface area (Å²) in [6, 6.07) is 16.9. The van der Waals surface area contributed by atoms with Gasteiger partial charge >= 0.3 is 3.93 Å². The van der Waals surface area contributed by atoms with Gasteiger partial charge in [0.15, 0.2) is 5.65 Å². The Kier molecular flexibility index (Phi) is 10.5. The van der Waals surface area contributed by atoms with Gasteiger partial charge in [-0.15, -0.1) is 0 Å². The standard InChI is InChI=1S/C32H39F2IN8O3Si/c1-44-25-10-8-23(9-11-25)20-41(21-28-37-26-6-4-5-7-27(26)42(28)22-46-16-17-47(2)3)31-39-30(40-12-14-45-15-13-40)38-29-24(18-32(33,34)35)19-36-43(29)31/h4-11,19,47H,12-18,20-22H2,1-3H3. The average molecular weight is 777 g/mol. The van der Waals surface area contributed by atoms with E-state index in [9.17, 15) is 8.78 Å². The van der Waals surface area contributed by atoms with Crippen molar-refractivity contribution >= 4 is 60.0 Å². The van der Waals surface area contributed by atoms with Gasteiger partial charge in [-0.05, 0) is 58.5 Å². The lowest BCUT2D eigenvalue weighted by Crippen LogP contribution is -2.38. The molecule has 6 rings (SSSR count). The van der Waals surface area contributed by atoms with Gasteiger partial charge in [0.25, 0.3) is 0 Å². The zero-order valence-electron chi connectivity index (χ0n) is 26.8. The Morgan fingerprint density at radius 2 is 1.79 bits per heavy atom. The molecule has 3 aromatic heterocycles. The van der Waals surface area contributed by atoms with Crippen molar-refractivity contribution in [1.29, 1.82) is 0 Å². The number of hydrogen-bond donors (Lipinski definition) is 0. The highest BCUT2D eigenvalue weighted by Gasteiger charge is 2.29. The normalized spacial score (nSPS) is 14.1. The first-order chi connectivity index (χ1) is 22.7. The van der Waals surface area contributed by atoms with Crippen LogP contribution in [0.2, 0.25) is 19.1 Å². The highest BCUT2D eigenvalue weighted by atomic mass is 127. The van der Waals surface area contributed by atoms with Crippen LogP contribution in [0, 0.1) is 0 Å². The molecule has 0 atom stereocenters. The molecule has 5 aromatic rings. The van der Waals surface area contributed by atoms with Crippen molar-refractivity contribution in [3.63, 3.8) is 0 Å². The predicted octanol–water partition coefficient (Wildman–Crippen LogP) is 5.56. The number of nitrogens with zero attached hydrogens (tertiary/aromatic N) is 8. The molecule has 0 spiro atoms. The van der Waals surface area contributed by atoms with Gasteiger partial charge in [0.05, 0.1) is 50.5 Å². The molecule has 250 valence electrons. The number of hydrogen-bond acceptors (Lipinski definition) is 9. The van der Waals surface area contributed by atoms with Crippen LogP contribution in [-0.4, -0.2) is 81.9 Å². The number of rotatable bonds is 14. The Hall–Kier alpha value is -3.41. The Bertz CT molecular complexity index is 1790. The summed E-state index contributed by atoms with van der Waals surface area (Å²) in [4.78, 5) is 19.0. The number of aromatic nitrogens is 6. The monoisotopic (exact) mass is 776 g/mol. The second-order valence-electron chi connectivity index (χ2n) is 12.0. The molecule has 47 heavy (non-hydrogen) atoms. The molecule has 0 unspecified atom stereocenters. The molecule has 0 bridgehead atoms. The summed E-state index contributed by atoms with van der Waals surface area (Å²) in [5, 5.41) is 4.56. The van der Waals surface area contributed by atoms with Gasteiger partial charge in [0.2, 0.25) is 11.9 Å². The van der Waals surface area contributed by atoms with Gasteiger partial charge in [-0.1, -0.05) is 37.4 Å². The van der Waals surface area contributed by atoms with E-state index in [-0.39, 0.29) is 0 Å². The lowest BCUT2D eigenvalue weighted by Gasteiger charge is -2.29. The lowest BCUT2D eigenvalue weighted by molar-refractivity contribution is 0.0882. The molecular formula is C32H39F2IN8O3Si. The van der Waals surface area contributed by atoms with E-state index in [0.29, 0.717) is 75.8 Å². The summed E-state index contributed by atoms with van der Waals surface area (Å²) in [5.41, 5.74) is 3.53. The van der Waals surface area contributed by atoms with Crippen LogP contribution < -0.4 is 14.5 Å². The fourth-order valence-corrected chi connectivity index (χ4v) is 6.58. The van der Waals surface area contributed by atoms with Crippen molar-refractivity contribution in [3.8, 4) is 5.75 Å². The molecule has 11 nitrogen and oxygen atoms in total. The van der Waals surface area contributed by atoms with E-state index < -0.39 is 19.1 Å². The molecule has 0 aliphatic carbocycles. The maximum Gasteiger partial charge on any atom is 0.300 e. The minimum atomic E-state index is -2.96. The maximum absolute atomic E-state index is 14.3. The predicted molar refractivity (Wildman–Crippen MR) is 189 cm³/mol. The van der Waals surface area contributed by atoms with Crippen molar-refractivity contribution in [3.05, 3.63) is 71.7 Å². The number of morpholine rings is 1. The fraction of sp³-hybridized carbons (Fsp3) is 0.438. The number of alkyl halides is 3. The summed E-state index contributed by atoms with van der Waals surface area (Å²) >= 11 is 1.17. The van der Waals surface area contributed by atoms with Crippen molar-refractivity contribution in [1.82, 2.24) is 29.1 Å². The van der Waals surface area contributed by atoms with E-state index in [2.05, 4.69) is 27.7 Å². The first kappa shape index (κ1) is 33.5. The molecule has 4 heterocycles. The smallest absolute Gasteiger partial charge is 0.300 e. The molecule has 1 aliphatic heterocycles. The highest BCUT2D eigenvalue weighted by Crippen LogP contribution is 2.31. The van der Waals surface area contributed by atoms with Crippen molar-refractivity contribution in [2.75, 3.05) is 49.8 Å². The average Bonchev–Trinajstić information content (AvgIpc) is 3.62. The second kappa shape index (κ2) is 14.8. The summed E-state index contributed by atoms with van der Waals surface area (Å²) in [6.45, 7) is 8.69. The van der Waals surface area contributed by atoms with Crippen LogP contribution in [0.5, 0.6) is 5.75 Å². The number of fused-ring (bicyclic) bond motifs is 2. The number of imidazole rings is 1. The van der Waals surface area contributed by atoms with E-state index in [1.807, 2.05) is 53.4 Å². The zero-order chi connectivity index (χ0) is 33.0. The van der Waals surface area contributed by atoms with Gasteiger partial charge in [0.1, 0.15) is 18.3 Å². The quantitative estimate of drug-likeness (QED) is 0.0623. The molecule has 0 N–H and O–H groups in total. The van der Waals surface area contributed by atoms with Gasteiger partial charge < -0.3 is 28.6 Å². The van der Waals surface area contributed by atoms with Crippen LogP contribution >= 0.6 is 22.6 Å². The Labute approximate surface area is 287 Å². The molecular weight excluding hydrogens is 737 g/mol. The van der Waals surface area contributed by atoms with Crippen LogP contribution in [0.1, 0.15) is 17.0 Å². The molecule has 2 aromatic carbocycles. The van der Waals surface area contributed by atoms with Crippen molar-refractivity contribution in [2.24, 2.45) is 0 Å². The van der Waals surface area contributed by atoms with E-state index in [4.69, 9.17) is 29.2 Å². The first-order valence-electron chi connectivity index (χ1n) is 15.7. The maximum atomic E-state index is 14.3. The minimum absolute atomic E-state index is 0.343. The van der Waals surface area contributed by atoms with Crippen molar-refractivity contribution in [2.45, 2.75) is 49.3 Å². The number of anilines is 2. The van der Waals surface area contributed by atoms with Crippen LogP contribution in [0.4, 0.5) is 20.7 Å². The van der Waals surface area contributed by atoms with Crippen LogP contribution in [0.25, 0.3) is 16.7 Å². The third kappa shape index (κ3) is 8.18. The SMILES string of the molecule is COc1ccc(CN(Cc2nc3ccccc3n2COCC[SiH](C)C)c2nc(N3CCOCC3)nc3c(CC(F)(F)I)cnn23)cc1. The first-order valence-corrected chi connectivity index (χ1v) is 19.9. The van der Waals surface area contributed by atoms with Crippen molar-refractivity contribution < 1.29 is 23.0 Å². The third-order valence-corrected chi connectivity index (χ3v) is 9.81. The number of halogens is 3. The molecule has 1 saturated heterocycles. The van der Waals surface area contributed by atoms with Gasteiger partial charge in [-0.25, -0.2) is 4.98 Å². The molecule has 1 fully saturated rings. The molecule has 15 heteroatoms. The summed E-state index contributed by atoms with van der Waals surface area (Å²) in [6.07, 6.45) is 0.969. The molecule has 0 amide bonds. The third-order valence-electron chi connectivity index (χ3n) is 8.04. The number of para-hydroxylation sites is 2. The Morgan fingerprint density at radius 1 is 1.02 bits per heavy atom. The Morgan fingerprint density at radius 3 is 2.51 bits per heavy atom. The molecule has 1 aliphatic rings. The number of benzene rings is 2. The van der Waals surface area contributed by atoms with Gasteiger partial charge in [-0.3, -0.25) is 0 Å². The summed E-state index contributed by atoms with van der Waals surface area (Å²) in [7, 11) is 0.878. The van der Waals surface area contributed by atoms with E-state index in [0.717, 1.165) is 34.2 Å². The largest absolute Gasteiger partial charge is 0.497 e. The van der Waals surface area contributed by atoms with Crippen LogP contribution in [0.15, 0.2) is 54.7 Å². The van der Waals surface area contributed by atoms with Gasteiger partial charge in [-0.2, -0.15) is 28.4 Å². The fourth-order valence-electron chi connectivity index (χ4n) is 5.53. The summed E-state index contributed by atoms with van der Waals surface area (Å²) in [5.74, 6) is 2.45.